The number of rotatable bonds is 9. The van der Waals surface area contributed by atoms with Crippen molar-refractivity contribution in [3.8, 4) is 0 Å². The van der Waals surface area contributed by atoms with Crippen LogP contribution >= 0.6 is 0 Å². The number of hydrogen-bond donors (Lipinski definition) is 10. The second kappa shape index (κ2) is 10.0. The highest BCUT2D eigenvalue weighted by Gasteiger charge is 2.44. The monoisotopic (exact) mass is 374 g/mol. The van der Waals surface area contributed by atoms with E-state index in [1.54, 1.807) is 0 Å². The molecule has 1 heterocycles. The minimum absolute atomic E-state index is 0.681. The molecule has 1 aliphatic rings. The van der Waals surface area contributed by atoms with Gasteiger partial charge in [0.25, 0.3) is 0 Å². The zero-order valence-electron chi connectivity index (χ0n) is 13.2. The van der Waals surface area contributed by atoms with E-state index in [0.717, 1.165) is 0 Å². The van der Waals surface area contributed by atoms with Crippen molar-refractivity contribution in [2.45, 2.75) is 61.2 Å². The number of aliphatic hydroxyl groups excluding tert-OH is 10. The Balaban J connectivity index is 2.58. The maximum atomic E-state index is 9.76. The molecule has 0 unspecified atom stereocenters. The fourth-order valence-electron chi connectivity index (χ4n) is 2.26. The number of aliphatic hydroxyl groups is 10. The molecule has 0 radical (unpaired) electrons. The molecule has 0 bridgehead atoms. The summed E-state index contributed by atoms with van der Waals surface area (Å²) in [4.78, 5) is 0. The molecule has 150 valence electrons. The van der Waals surface area contributed by atoms with Crippen molar-refractivity contribution in [2.24, 2.45) is 0 Å². The molecule has 0 saturated carbocycles. The number of ether oxygens (including phenoxy) is 2. The van der Waals surface area contributed by atoms with Crippen molar-refractivity contribution < 1.29 is 60.5 Å². The van der Waals surface area contributed by atoms with Gasteiger partial charge in [0.05, 0.1) is 19.8 Å². The fourth-order valence-corrected chi connectivity index (χ4v) is 2.26. The molecule has 0 amide bonds. The van der Waals surface area contributed by atoms with Gasteiger partial charge in [-0.05, 0) is 0 Å². The second-order valence-corrected chi connectivity index (χ2v) is 5.82. The minimum atomic E-state index is -2.02. The van der Waals surface area contributed by atoms with E-state index in [4.69, 9.17) is 19.7 Å². The van der Waals surface area contributed by atoms with Crippen LogP contribution in [0.3, 0.4) is 0 Å². The Kier molecular flexibility index (Phi) is 9.03. The minimum Gasteiger partial charge on any atom is -0.394 e. The van der Waals surface area contributed by atoms with E-state index >= 15 is 0 Å². The molecular weight excluding hydrogens is 348 g/mol. The Morgan fingerprint density at radius 3 is 1.84 bits per heavy atom. The quantitative estimate of drug-likeness (QED) is 0.182. The first-order valence-electron chi connectivity index (χ1n) is 7.59. The van der Waals surface area contributed by atoms with Crippen LogP contribution in [0, 0.1) is 0 Å². The molecule has 1 aliphatic heterocycles. The first kappa shape index (κ1) is 22.6. The van der Waals surface area contributed by atoms with Gasteiger partial charge in [-0.1, -0.05) is 0 Å². The smallest absolute Gasteiger partial charge is 0.186 e. The third-order valence-electron chi connectivity index (χ3n) is 3.96. The summed E-state index contributed by atoms with van der Waals surface area (Å²) in [6.07, 6.45) is -17.3. The average molecular weight is 374 g/mol. The zero-order valence-corrected chi connectivity index (χ0v) is 13.2. The van der Waals surface area contributed by atoms with Crippen LogP contribution in [0.1, 0.15) is 0 Å². The highest BCUT2D eigenvalue weighted by Crippen LogP contribution is 2.22. The molecule has 0 aliphatic carbocycles. The van der Waals surface area contributed by atoms with Crippen molar-refractivity contribution in [2.75, 3.05) is 19.8 Å². The van der Waals surface area contributed by atoms with Crippen LogP contribution in [0.5, 0.6) is 0 Å². The second-order valence-electron chi connectivity index (χ2n) is 5.82. The summed E-state index contributed by atoms with van der Waals surface area (Å²) in [5, 5.41) is 94.4. The van der Waals surface area contributed by atoms with Crippen molar-refractivity contribution in [3.05, 3.63) is 0 Å². The maximum absolute atomic E-state index is 9.76. The van der Waals surface area contributed by atoms with Crippen LogP contribution in [0.4, 0.5) is 0 Å². The van der Waals surface area contributed by atoms with Gasteiger partial charge in [0.2, 0.25) is 0 Å². The molecule has 1 fully saturated rings. The summed E-state index contributed by atoms with van der Waals surface area (Å²) in [5.41, 5.74) is 0. The predicted molar refractivity (Wildman–Crippen MR) is 76.8 cm³/mol. The first-order chi connectivity index (χ1) is 11.6. The Morgan fingerprint density at radius 2 is 1.32 bits per heavy atom. The van der Waals surface area contributed by atoms with Crippen LogP contribution in [-0.4, -0.2) is 132 Å². The largest absolute Gasteiger partial charge is 0.394 e. The molecular formula is C13H26O12. The molecule has 12 heteroatoms. The standard InChI is InChI=1S/C13H26O12/c14-1-4(16)7(18)10(21)8(19)5(17)3-24-13-12(23)11(22)9(20)6(2-15)25-13/h4-23H,1-3H2/t4-,5-,6-,7-,8-,9-,10-,11+,12-,13-/m1/s1. The van der Waals surface area contributed by atoms with E-state index in [9.17, 15) is 40.9 Å². The summed E-state index contributed by atoms with van der Waals surface area (Å²) in [6, 6.07) is 0. The average Bonchev–Trinajstić information content (AvgIpc) is 2.62. The van der Waals surface area contributed by atoms with Gasteiger partial charge in [-0.3, -0.25) is 0 Å². The van der Waals surface area contributed by atoms with Crippen LogP contribution in [-0.2, 0) is 9.47 Å². The lowest BCUT2D eigenvalue weighted by molar-refractivity contribution is -0.306. The predicted octanol–water partition coefficient (Wildman–Crippen LogP) is -6.40. The van der Waals surface area contributed by atoms with Crippen LogP contribution < -0.4 is 0 Å². The molecule has 0 aromatic carbocycles. The Labute approximate surface area is 142 Å². The van der Waals surface area contributed by atoms with E-state index in [2.05, 4.69) is 0 Å². The molecule has 25 heavy (non-hydrogen) atoms. The van der Waals surface area contributed by atoms with Gasteiger partial charge in [-0.25, -0.2) is 0 Å². The van der Waals surface area contributed by atoms with Gasteiger partial charge in [-0.2, -0.15) is 0 Å². The molecule has 0 spiro atoms. The Morgan fingerprint density at radius 1 is 0.760 bits per heavy atom. The highest BCUT2D eigenvalue weighted by molar-refractivity contribution is 4.89. The Bertz CT molecular complexity index is 382. The molecule has 1 saturated heterocycles. The SMILES string of the molecule is OC[C@@H](O)[C@@H](O)[C@@H](O)[C@H](O)[C@H](O)CO[C@@H]1O[C@H](CO)[C@@H](O)[C@H](O)[C@H]1O. The molecule has 10 N–H and O–H groups in total. The van der Waals surface area contributed by atoms with Gasteiger partial charge in [0.15, 0.2) is 6.29 Å². The van der Waals surface area contributed by atoms with E-state index in [1.807, 2.05) is 0 Å². The molecule has 0 aromatic heterocycles. The summed E-state index contributed by atoms with van der Waals surface area (Å²) < 4.78 is 9.99. The number of hydrogen-bond acceptors (Lipinski definition) is 12. The summed E-state index contributed by atoms with van der Waals surface area (Å²) >= 11 is 0. The van der Waals surface area contributed by atoms with Crippen LogP contribution in [0.2, 0.25) is 0 Å². The molecule has 0 aromatic rings. The lowest BCUT2D eigenvalue weighted by atomic mass is 9.99. The van der Waals surface area contributed by atoms with E-state index in [1.165, 1.54) is 0 Å². The van der Waals surface area contributed by atoms with E-state index in [0.29, 0.717) is 0 Å². The third kappa shape index (κ3) is 5.50. The lowest BCUT2D eigenvalue weighted by Crippen LogP contribution is -2.59. The molecule has 12 nitrogen and oxygen atoms in total. The van der Waals surface area contributed by atoms with Crippen molar-refractivity contribution in [3.63, 3.8) is 0 Å². The van der Waals surface area contributed by atoms with Crippen LogP contribution in [0.15, 0.2) is 0 Å². The van der Waals surface area contributed by atoms with Crippen molar-refractivity contribution >= 4 is 0 Å². The maximum Gasteiger partial charge on any atom is 0.186 e. The topological polar surface area (TPSA) is 221 Å². The third-order valence-corrected chi connectivity index (χ3v) is 3.96. The molecule has 10 atom stereocenters. The first-order valence-corrected chi connectivity index (χ1v) is 7.59. The van der Waals surface area contributed by atoms with Crippen LogP contribution in [0.25, 0.3) is 0 Å². The summed E-state index contributed by atoms with van der Waals surface area (Å²) in [5.74, 6) is 0. The van der Waals surface area contributed by atoms with Gasteiger partial charge in [-0.15, -0.1) is 0 Å². The van der Waals surface area contributed by atoms with Crippen molar-refractivity contribution in [1.29, 1.82) is 0 Å². The lowest BCUT2D eigenvalue weighted by Gasteiger charge is -2.40. The zero-order chi connectivity index (χ0) is 19.3. The summed E-state index contributed by atoms with van der Waals surface area (Å²) in [6.45, 7) is -2.30. The van der Waals surface area contributed by atoms with E-state index < -0.39 is 81.0 Å². The molecule has 1 rings (SSSR count). The summed E-state index contributed by atoms with van der Waals surface area (Å²) in [7, 11) is 0. The van der Waals surface area contributed by atoms with Gasteiger partial charge in [0.1, 0.15) is 54.9 Å². The Hall–Kier alpha value is -0.480. The van der Waals surface area contributed by atoms with Crippen molar-refractivity contribution in [1.82, 2.24) is 0 Å². The highest BCUT2D eigenvalue weighted by atomic mass is 16.7. The van der Waals surface area contributed by atoms with Gasteiger partial charge < -0.3 is 60.5 Å². The van der Waals surface area contributed by atoms with Gasteiger partial charge >= 0.3 is 0 Å². The fraction of sp³-hybridized carbons (Fsp3) is 1.00. The van der Waals surface area contributed by atoms with E-state index in [-0.39, 0.29) is 0 Å². The normalized spacial score (nSPS) is 36.5. The van der Waals surface area contributed by atoms with Gasteiger partial charge in [0, 0.05) is 0 Å².